The highest BCUT2D eigenvalue weighted by atomic mass is 16.5. The molecule has 2 saturated heterocycles. The number of ether oxygens (including phenoxy) is 5. The smallest absolute Gasteiger partial charge is 0.225 e. The molecule has 3 heterocycles. The number of fused-ring (bicyclic) bond motifs is 1. The summed E-state index contributed by atoms with van der Waals surface area (Å²) >= 11 is 0. The van der Waals surface area contributed by atoms with E-state index in [2.05, 4.69) is 47.5 Å². The summed E-state index contributed by atoms with van der Waals surface area (Å²) in [7, 11) is 3.44. The van der Waals surface area contributed by atoms with Crippen molar-refractivity contribution in [3.63, 3.8) is 0 Å². The third kappa shape index (κ3) is 7.75. The molecule has 230 valence electrons. The molecule has 4 atom stereocenters. The number of carbonyl (C=O) groups is 1. The van der Waals surface area contributed by atoms with E-state index in [1.54, 1.807) is 14.2 Å². The Labute approximate surface area is 250 Å². The van der Waals surface area contributed by atoms with Crippen molar-refractivity contribution in [2.45, 2.75) is 50.9 Å². The van der Waals surface area contributed by atoms with E-state index in [0.29, 0.717) is 39.5 Å². The molecule has 0 spiro atoms. The number of hydrogen-bond donors (Lipinski definition) is 1. The van der Waals surface area contributed by atoms with Crippen LogP contribution in [0.4, 0.5) is 5.69 Å². The molecular formula is C33H47N3O6. The summed E-state index contributed by atoms with van der Waals surface area (Å²) in [6, 6.07) is 15.0. The molecule has 2 aromatic rings. The summed E-state index contributed by atoms with van der Waals surface area (Å²) in [6.45, 7) is 9.20. The highest BCUT2D eigenvalue weighted by molar-refractivity contribution is 5.78. The predicted octanol–water partition coefficient (Wildman–Crippen LogP) is 3.85. The van der Waals surface area contributed by atoms with Crippen molar-refractivity contribution in [2.24, 2.45) is 5.92 Å². The minimum absolute atomic E-state index is 0.00461. The Bertz CT molecular complexity index is 1140. The summed E-state index contributed by atoms with van der Waals surface area (Å²) in [5.74, 6) is 2.17. The molecule has 0 saturated carbocycles. The molecule has 0 aromatic heterocycles. The molecular weight excluding hydrogens is 534 g/mol. The van der Waals surface area contributed by atoms with Gasteiger partial charge in [-0.1, -0.05) is 25.1 Å². The van der Waals surface area contributed by atoms with Crippen molar-refractivity contribution in [1.29, 1.82) is 0 Å². The normalized spacial score (nSPS) is 23.2. The lowest BCUT2D eigenvalue weighted by molar-refractivity contribution is -0.139. The van der Waals surface area contributed by atoms with E-state index in [1.165, 1.54) is 5.56 Å². The van der Waals surface area contributed by atoms with Crippen LogP contribution in [0.15, 0.2) is 42.5 Å². The third-order valence-corrected chi connectivity index (χ3v) is 8.74. The Kier molecular flexibility index (Phi) is 11.0. The largest absolute Gasteiger partial charge is 0.497 e. The van der Waals surface area contributed by atoms with Crippen LogP contribution in [0.2, 0.25) is 0 Å². The second kappa shape index (κ2) is 15.0. The molecule has 9 heteroatoms. The highest BCUT2D eigenvalue weighted by Gasteiger charge is 2.34. The van der Waals surface area contributed by atoms with Gasteiger partial charge in [0.1, 0.15) is 18.1 Å². The van der Waals surface area contributed by atoms with Gasteiger partial charge >= 0.3 is 0 Å². The maximum Gasteiger partial charge on any atom is 0.225 e. The highest BCUT2D eigenvalue weighted by Crippen LogP contribution is 2.36. The zero-order valence-corrected chi connectivity index (χ0v) is 25.4. The van der Waals surface area contributed by atoms with E-state index in [-0.39, 0.29) is 29.9 Å². The molecule has 42 heavy (non-hydrogen) atoms. The molecule has 1 N–H and O–H groups in total. The molecule has 3 aliphatic rings. The van der Waals surface area contributed by atoms with Crippen molar-refractivity contribution in [2.75, 3.05) is 78.3 Å². The summed E-state index contributed by atoms with van der Waals surface area (Å²) in [5.41, 5.74) is 3.50. The summed E-state index contributed by atoms with van der Waals surface area (Å²) in [4.78, 5) is 17.4. The van der Waals surface area contributed by atoms with Gasteiger partial charge in [-0.25, -0.2) is 0 Å². The molecule has 0 bridgehead atoms. The van der Waals surface area contributed by atoms with Crippen LogP contribution in [0.1, 0.15) is 43.2 Å². The fraction of sp³-hybridized carbons (Fsp3) is 0.606. The first kappa shape index (κ1) is 30.6. The Hall–Kier alpha value is -2.85. The van der Waals surface area contributed by atoms with Crippen molar-refractivity contribution >= 4 is 11.6 Å². The van der Waals surface area contributed by atoms with Crippen molar-refractivity contribution < 1.29 is 28.5 Å². The maximum absolute atomic E-state index is 13.1. The molecule has 5 rings (SSSR count). The number of hydrogen-bond acceptors (Lipinski definition) is 8. The molecule has 9 nitrogen and oxygen atoms in total. The van der Waals surface area contributed by atoms with Crippen LogP contribution in [0, 0.1) is 5.92 Å². The second-order valence-corrected chi connectivity index (χ2v) is 11.6. The SMILES string of the molecule is COCCCN1CCOc2ccc(CO[C@H]3CN[C@@H](C[C@@H](C)C(=O)N4CCOCC4)C[C@@H]3c3ccc(OC)cc3)cc21. The topological polar surface area (TPSA) is 81.7 Å². The lowest BCUT2D eigenvalue weighted by Gasteiger charge is -2.39. The van der Waals surface area contributed by atoms with Crippen LogP contribution in [0.25, 0.3) is 0 Å². The lowest BCUT2D eigenvalue weighted by Crippen LogP contribution is -2.49. The predicted molar refractivity (Wildman–Crippen MR) is 163 cm³/mol. The van der Waals surface area contributed by atoms with E-state index in [9.17, 15) is 4.79 Å². The Morgan fingerprint density at radius 1 is 1.07 bits per heavy atom. The van der Waals surface area contributed by atoms with Crippen LogP contribution in [0.3, 0.4) is 0 Å². The van der Waals surface area contributed by atoms with Gasteiger partial charge in [0.15, 0.2) is 0 Å². The first-order chi connectivity index (χ1) is 20.6. The number of amides is 1. The van der Waals surface area contributed by atoms with Gasteiger partial charge in [-0.2, -0.15) is 0 Å². The van der Waals surface area contributed by atoms with Gasteiger partial charge < -0.3 is 38.8 Å². The third-order valence-electron chi connectivity index (χ3n) is 8.74. The number of anilines is 1. The van der Waals surface area contributed by atoms with Crippen molar-refractivity contribution in [3.8, 4) is 11.5 Å². The lowest BCUT2D eigenvalue weighted by atomic mass is 9.81. The Morgan fingerprint density at radius 3 is 2.64 bits per heavy atom. The number of methoxy groups -OCH3 is 2. The van der Waals surface area contributed by atoms with Gasteiger partial charge in [0, 0.05) is 57.8 Å². The molecule has 1 amide bonds. The Morgan fingerprint density at radius 2 is 1.88 bits per heavy atom. The van der Waals surface area contributed by atoms with E-state index < -0.39 is 0 Å². The number of piperidine rings is 1. The quantitative estimate of drug-likeness (QED) is 0.379. The number of nitrogens with one attached hydrogen (secondary N) is 1. The molecule has 0 unspecified atom stereocenters. The minimum atomic E-state index is -0.0425. The molecule has 2 aromatic carbocycles. The number of nitrogens with zero attached hydrogens (tertiary/aromatic N) is 2. The number of morpholine rings is 1. The van der Waals surface area contributed by atoms with E-state index in [0.717, 1.165) is 68.3 Å². The number of rotatable bonds is 12. The van der Waals surface area contributed by atoms with Crippen LogP contribution in [-0.4, -0.2) is 96.3 Å². The Balaban J connectivity index is 1.25. The monoisotopic (exact) mass is 581 g/mol. The average Bonchev–Trinajstić information content (AvgIpc) is 3.04. The molecule has 3 aliphatic heterocycles. The van der Waals surface area contributed by atoms with Crippen LogP contribution < -0.4 is 19.7 Å². The van der Waals surface area contributed by atoms with Crippen LogP contribution in [-0.2, 0) is 25.6 Å². The number of carbonyl (C=O) groups excluding carboxylic acids is 1. The van der Waals surface area contributed by atoms with E-state index in [1.807, 2.05) is 17.0 Å². The average molecular weight is 582 g/mol. The van der Waals surface area contributed by atoms with Gasteiger partial charge in [0.05, 0.1) is 45.3 Å². The summed E-state index contributed by atoms with van der Waals surface area (Å²) in [6.07, 6.45) is 2.69. The van der Waals surface area contributed by atoms with Crippen molar-refractivity contribution in [1.82, 2.24) is 10.2 Å². The van der Waals surface area contributed by atoms with Gasteiger partial charge in [0.2, 0.25) is 5.91 Å². The van der Waals surface area contributed by atoms with Gasteiger partial charge in [0.25, 0.3) is 0 Å². The molecule has 0 aliphatic carbocycles. The summed E-state index contributed by atoms with van der Waals surface area (Å²) < 4.78 is 28.7. The van der Waals surface area contributed by atoms with Gasteiger partial charge in [-0.3, -0.25) is 4.79 Å². The van der Waals surface area contributed by atoms with Crippen LogP contribution in [0.5, 0.6) is 11.5 Å². The zero-order valence-electron chi connectivity index (χ0n) is 25.4. The zero-order chi connectivity index (χ0) is 29.3. The first-order valence-electron chi connectivity index (χ1n) is 15.4. The maximum atomic E-state index is 13.1. The second-order valence-electron chi connectivity index (χ2n) is 11.6. The standard InChI is InChI=1S/C33H47N3O6/c1-24(33(37)36-12-16-40-17-13-36)19-27-21-29(26-6-8-28(39-3)9-7-26)32(22-34-27)42-23-25-5-10-31-30(20-25)35(14-18-41-31)11-4-15-38-2/h5-10,20,24,27,29,32,34H,4,11-19,21-23H2,1-3H3/t24-,27+,29-,32+/m1/s1. The van der Waals surface area contributed by atoms with E-state index in [4.69, 9.17) is 23.7 Å². The fourth-order valence-electron chi connectivity index (χ4n) is 6.39. The minimum Gasteiger partial charge on any atom is -0.497 e. The van der Waals surface area contributed by atoms with Gasteiger partial charge in [-0.15, -0.1) is 0 Å². The van der Waals surface area contributed by atoms with Gasteiger partial charge in [-0.05, 0) is 54.7 Å². The summed E-state index contributed by atoms with van der Waals surface area (Å²) in [5, 5.41) is 3.72. The number of benzene rings is 2. The first-order valence-corrected chi connectivity index (χ1v) is 15.4. The van der Waals surface area contributed by atoms with Crippen molar-refractivity contribution in [3.05, 3.63) is 53.6 Å². The van der Waals surface area contributed by atoms with Crippen LogP contribution >= 0.6 is 0 Å². The van der Waals surface area contributed by atoms with E-state index >= 15 is 0 Å². The molecule has 2 fully saturated rings. The molecule has 0 radical (unpaired) electrons. The fourth-order valence-corrected chi connectivity index (χ4v) is 6.39.